The molecule has 0 saturated carbocycles. The van der Waals surface area contributed by atoms with Crippen LogP contribution in [-0.4, -0.2) is 30.9 Å². The van der Waals surface area contributed by atoms with Crippen LogP contribution in [-0.2, 0) is 11.3 Å². The van der Waals surface area contributed by atoms with Gasteiger partial charge in [0.1, 0.15) is 5.82 Å². The van der Waals surface area contributed by atoms with E-state index in [4.69, 9.17) is 5.73 Å². The van der Waals surface area contributed by atoms with Crippen LogP contribution in [0.5, 0.6) is 0 Å². The highest BCUT2D eigenvalue weighted by Gasteiger charge is 2.07. The molecule has 94 valence electrons. The Kier molecular flexibility index (Phi) is 4.90. The van der Waals surface area contributed by atoms with Crippen LogP contribution in [0, 0.1) is 5.82 Å². The number of carbonyl (C=O) groups excluding carboxylic acids is 1. The summed E-state index contributed by atoms with van der Waals surface area (Å²) in [7, 11) is 1.81. The third kappa shape index (κ3) is 4.40. The Bertz CT molecular complexity index is 395. The van der Waals surface area contributed by atoms with Gasteiger partial charge >= 0.3 is 0 Å². The van der Waals surface area contributed by atoms with Gasteiger partial charge in [-0.25, -0.2) is 4.39 Å². The van der Waals surface area contributed by atoms with Gasteiger partial charge in [0, 0.05) is 13.1 Å². The first-order valence-electron chi connectivity index (χ1n) is 5.52. The van der Waals surface area contributed by atoms with E-state index >= 15 is 0 Å². The molecule has 0 spiro atoms. The molecule has 0 radical (unpaired) electrons. The lowest BCUT2D eigenvalue weighted by atomic mass is 10.2. The van der Waals surface area contributed by atoms with Gasteiger partial charge in [0.15, 0.2) is 0 Å². The second kappa shape index (κ2) is 6.20. The number of carbonyl (C=O) groups is 1. The molecule has 1 aromatic rings. The highest BCUT2D eigenvalue weighted by Crippen LogP contribution is 2.13. The first-order valence-corrected chi connectivity index (χ1v) is 5.52. The van der Waals surface area contributed by atoms with E-state index in [0.717, 1.165) is 5.56 Å². The fourth-order valence-corrected chi connectivity index (χ4v) is 1.53. The lowest BCUT2D eigenvalue weighted by Crippen LogP contribution is -2.34. The number of amides is 1. The van der Waals surface area contributed by atoms with Gasteiger partial charge < -0.3 is 11.1 Å². The highest BCUT2D eigenvalue weighted by molar-refractivity contribution is 5.77. The summed E-state index contributed by atoms with van der Waals surface area (Å²) in [5.41, 5.74) is 6.32. The van der Waals surface area contributed by atoms with E-state index in [-0.39, 0.29) is 11.6 Å². The number of anilines is 1. The fraction of sp³-hybridized carbons (Fsp3) is 0.417. The van der Waals surface area contributed by atoms with E-state index in [1.54, 1.807) is 6.07 Å². The lowest BCUT2D eigenvalue weighted by molar-refractivity contribution is -0.121. The van der Waals surface area contributed by atoms with Gasteiger partial charge in [-0.2, -0.15) is 0 Å². The van der Waals surface area contributed by atoms with E-state index in [0.29, 0.717) is 19.6 Å². The SMILES string of the molecule is CCNC(=O)CN(C)Cc1ccc(N)c(F)c1. The highest BCUT2D eigenvalue weighted by atomic mass is 19.1. The van der Waals surface area contributed by atoms with Crippen LogP contribution < -0.4 is 11.1 Å². The summed E-state index contributed by atoms with van der Waals surface area (Å²) in [6.45, 7) is 3.28. The number of nitrogens with one attached hydrogen (secondary N) is 1. The van der Waals surface area contributed by atoms with Gasteiger partial charge in [0.25, 0.3) is 0 Å². The number of benzene rings is 1. The zero-order valence-corrected chi connectivity index (χ0v) is 10.2. The van der Waals surface area contributed by atoms with Crippen molar-refractivity contribution in [2.45, 2.75) is 13.5 Å². The molecule has 0 bridgehead atoms. The maximum atomic E-state index is 13.2. The zero-order valence-electron chi connectivity index (χ0n) is 10.2. The molecule has 0 aliphatic heterocycles. The van der Waals surface area contributed by atoms with Crippen molar-refractivity contribution in [1.82, 2.24) is 10.2 Å². The quantitative estimate of drug-likeness (QED) is 0.753. The van der Waals surface area contributed by atoms with Crippen LogP contribution in [0.2, 0.25) is 0 Å². The summed E-state index contributed by atoms with van der Waals surface area (Å²) in [5, 5.41) is 2.71. The summed E-state index contributed by atoms with van der Waals surface area (Å²) in [4.78, 5) is 13.1. The Morgan fingerprint density at radius 2 is 2.24 bits per heavy atom. The second-order valence-electron chi connectivity index (χ2n) is 3.98. The molecule has 0 atom stereocenters. The predicted molar refractivity (Wildman–Crippen MR) is 65.8 cm³/mol. The lowest BCUT2D eigenvalue weighted by Gasteiger charge is -2.16. The maximum Gasteiger partial charge on any atom is 0.234 e. The summed E-state index contributed by atoms with van der Waals surface area (Å²) in [6, 6.07) is 4.68. The average Bonchev–Trinajstić information content (AvgIpc) is 2.23. The van der Waals surface area contributed by atoms with Crippen LogP contribution in [0.25, 0.3) is 0 Å². The number of nitrogens with two attached hydrogens (primary N) is 1. The van der Waals surface area contributed by atoms with Crippen molar-refractivity contribution in [2.75, 3.05) is 25.9 Å². The molecule has 1 amide bonds. The molecule has 4 nitrogen and oxygen atoms in total. The number of rotatable bonds is 5. The van der Waals surface area contributed by atoms with Crippen LogP contribution >= 0.6 is 0 Å². The van der Waals surface area contributed by atoms with Crippen LogP contribution in [0.15, 0.2) is 18.2 Å². The van der Waals surface area contributed by atoms with Crippen molar-refractivity contribution >= 4 is 11.6 Å². The minimum atomic E-state index is -0.422. The molecule has 3 N–H and O–H groups in total. The normalized spacial score (nSPS) is 10.6. The summed E-state index contributed by atoms with van der Waals surface area (Å²) < 4.78 is 13.2. The monoisotopic (exact) mass is 239 g/mol. The van der Waals surface area contributed by atoms with Crippen LogP contribution in [0.4, 0.5) is 10.1 Å². The maximum absolute atomic E-state index is 13.2. The van der Waals surface area contributed by atoms with E-state index < -0.39 is 5.82 Å². The Morgan fingerprint density at radius 3 is 2.82 bits per heavy atom. The van der Waals surface area contributed by atoms with E-state index in [2.05, 4.69) is 5.32 Å². The van der Waals surface area contributed by atoms with Crippen molar-refractivity contribution in [3.63, 3.8) is 0 Å². The molecule has 0 heterocycles. The third-order valence-corrected chi connectivity index (χ3v) is 2.30. The van der Waals surface area contributed by atoms with Crippen molar-refractivity contribution in [1.29, 1.82) is 0 Å². The molecule has 0 aliphatic carbocycles. The first-order chi connectivity index (χ1) is 8.02. The molecule has 0 aromatic heterocycles. The standard InChI is InChI=1S/C12H18FN3O/c1-3-15-12(17)8-16(2)7-9-4-5-11(14)10(13)6-9/h4-6H,3,7-8,14H2,1-2H3,(H,15,17). The van der Waals surface area contributed by atoms with Crippen molar-refractivity contribution in [3.8, 4) is 0 Å². The molecule has 1 aromatic carbocycles. The zero-order chi connectivity index (χ0) is 12.8. The number of nitrogen functional groups attached to an aromatic ring is 1. The molecule has 0 fully saturated rings. The molecule has 0 aliphatic rings. The third-order valence-electron chi connectivity index (χ3n) is 2.30. The number of halogens is 1. The number of hydrogen-bond donors (Lipinski definition) is 2. The topological polar surface area (TPSA) is 58.4 Å². The molecule has 1 rings (SSSR count). The Hall–Kier alpha value is -1.62. The summed E-state index contributed by atoms with van der Waals surface area (Å²) in [5.74, 6) is -0.458. The van der Waals surface area contributed by atoms with Gasteiger partial charge in [-0.05, 0) is 31.7 Å². The number of nitrogens with zero attached hydrogens (tertiary/aromatic N) is 1. The van der Waals surface area contributed by atoms with Crippen molar-refractivity contribution in [2.24, 2.45) is 0 Å². The Labute approximate surface area is 101 Å². The van der Waals surface area contributed by atoms with Gasteiger partial charge in [-0.15, -0.1) is 0 Å². The summed E-state index contributed by atoms with van der Waals surface area (Å²) in [6.07, 6.45) is 0. The predicted octanol–water partition coefficient (Wildman–Crippen LogP) is 0.976. The molecule has 0 unspecified atom stereocenters. The van der Waals surface area contributed by atoms with E-state index in [1.807, 2.05) is 18.9 Å². The van der Waals surface area contributed by atoms with Gasteiger partial charge in [0.05, 0.1) is 12.2 Å². The molecule has 17 heavy (non-hydrogen) atoms. The first kappa shape index (κ1) is 13.4. The van der Waals surface area contributed by atoms with Crippen LogP contribution in [0.1, 0.15) is 12.5 Å². The smallest absolute Gasteiger partial charge is 0.234 e. The fourth-order valence-electron chi connectivity index (χ4n) is 1.53. The molecule has 5 heteroatoms. The van der Waals surface area contributed by atoms with E-state index in [9.17, 15) is 9.18 Å². The van der Waals surface area contributed by atoms with Crippen molar-refractivity contribution in [3.05, 3.63) is 29.6 Å². The van der Waals surface area contributed by atoms with Gasteiger partial charge in [-0.1, -0.05) is 6.07 Å². The van der Waals surface area contributed by atoms with Crippen molar-refractivity contribution < 1.29 is 9.18 Å². The van der Waals surface area contributed by atoms with E-state index in [1.165, 1.54) is 12.1 Å². The summed E-state index contributed by atoms with van der Waals surface area (Å²) >= 11 is 0. The number of hydrogen-bond acceptors (Lipinski definition) is 3. The minimum absolute atomic E-state index is 0.0362. The molecular weight excluding hydrogens is 221 g/mol. The largest absolute Gasteiger partial charge is 0.396 e. The second-order valence-corrected chi connectivity index (χ2v) is 3.98. The Balaban J connectivity index is 2.53. The average molecular weight is 239 g/mol. The number of likely N-dealkylation sites (N-methyl/N-ethyl adjacent to an activating group) is 2. The molecular formula is C12H18FN3O. The van der Waals surface area contributed by atoms with Crippen LogP contribution in [0.3, 0.4) is 0 Å². The Morgan fingerprint density at radius 1 is 1.53 bits per heavy atom. The van der Waals surface area contributed by atoms with Gasteiger partial charge in [-0.3, -0.25) is 9.69 Å². The minimum Gasteiger partial charge on any atom is -0.396 e. The van der Waals surface area contributed by atoms with Gasteiger partial charge in [0.2, 0.25) is 5.91 Å². The molecule has 0 saturated heterocycles.